The van der Waals surface area contributed by atoms with E-state index in [1.165, 1.54) is 5.69 Å². The van der Waals surface area contributed by atoms with Crippen molar-refractivity contribution in [3.63, 3.8) is 0 Å². The Morgan fingerprint density at radius 2 is 2.20 bits per heavy atom. The minimum atomic E-state index is 0.577. The molecule has 2 rings (SSSR count). The number of nitrogens with zero attached hydrogens (tertiary/aromatic N) is 3. The van der Waals surface area contributed by atoms with E-state index in [9.17, 15) is 0 Å². The Morgan fingerprint density at radius 3 is 2.93 bits per heavy atom. The predicted octanol–water partition coefficient (Wildman–Crippen LogP) is 1.21. The summed E-state index contributed by atoms with van der Waals surface area (Å²) < 4.78 is 4.30. The topological polar surface area (TPSA) is 48.8 Å². The minimum Gasteiger partial charge on any atom is -0.344 e. The summed E-state index contributed by atoms with van der Waals surface area (Å²) in [5, 5.41) is 0. The maximum Gasteiger partial charge on any atom is 0.0948 e. The molecule has 0 atom stereocenters. The molecule has 0 radical (unpaired) electrons. The molecule has 4 nitrogen and oxygen atoms in total. The second kappa shape index (κ2) is 4.31. The molecule has 0 amide bonds. The Balaban J connectivity index is 2.21. The largest absolute Gasteiger partial charge is 0.344 e. The average Bonchev–Trinajstić information content (AvgIpc) is 2.87. The summed E-state index contributed by atoms with van der Waals surface area (Å²) in [5.41, 5.74) is 8.01. The van der Waals surface area contributed by atoms with Crippen molar-refractivity contribution in [1.29, 1.82) is 0 Å². The lowest BCUT2D eigenvalue weighted by Gasteiger charge is -2.09. The Bertz CT molecular complexity index is 387. The lowest BCUT2D eigenvalue weighted by atomic mass is 10.4. The van der Waals surface area contributed by atoms with Crippen molar-refractivity contribution in [3.05, 3.63) is 42.2 Å². The lowest BCUT2D eigenvalue weighted by Crippen LogP contribution is -2.10. The van der Waals surface area contributed by atoms with Gasteiger partial charge in [-0.3, -0.25) is 0 Å². The van der Waals surface area contributed by atoms with E-state index in [0.29, 0.717) is 6.54 Å². The Morgan fingerprint density at radius 1 is 1.33 bits per heavy atom. The molecule has 2 heterocycles. The van der Waals surface area contributed by atoms with Gasteiger partial charge in [-0.15, -0.1) is 0 Å². The smallest absolute Gasteiger partial charge is 0.0948 e. The van der Waals surface area contributed by atoms with Gasteiger partial charge in [0.1, 0.15) is 0 Å². The van der Waals surface area contributed by atoms with Crippen LogP contribution in [0.1, 0.15) is 18.3 Å². The summed E-state index contributed by atoms with van der Waals surface area (Å²) in [6.07, 6.45) is 5.82. The minimum absolute atomic E-state index is 0.577. The fraction of sp³-hybridized carbons (Fsp3) is 0.364. The van der Waals surface area contributed by atoms with Gasteiger partial charge in [-0.25, -0.2) is 4.98 Å². The van der Waals surface area contributed by atoms with Crippen molar-refractivity contribution in [1.82, 2.24) is 14.1 Å². The summed E-state index contributed by atoms with van der Waals surface area (Å²) in [7, 11) is 0. The third kappa shape index (κ3) is 1.94. The average molecular weight is 204 g/mol. The van der Waals surface area contributed by atoms with Crippen LogP contribution in [-0.2, 0) is 19.6 Å². The van der Waals surface area contributed by atoms with Crippen molar-refractivity contribution >= 4 is 0 Å². The van der Waals surface area contributed by atoms with Gasteiger partial charge in [0, 0.05) is 31.2 Å². The maximum absolute atomic E-state index is 5.65. The summed E-state index contributed by atoms with van der Waals surface area (Å²) in [5.74, 6) is 0. The molecule has 0 spiro atoms. The van der Waals surface area contributed by atoms with Crippen LogP contribution in [0.25, 0.3) is 0 Å². The Labute approximate surface area is 89.3 Å². The third-order valence-corrected chi connectivity index (χ3v) is 2.60. The Kier molecular flexibility index (Phi) is 2.87. The molecule has 2 aromatic rings. The van der Waals surface area contributed by atoms with Gasteiger partial charge in [0.15, 0.2) is 0 Å². The second-order valence-electron chi connectivity index (χ2n) is 3.50. The molecule has 0 saturated heterocycles. The van der Waals surface area contributed by atoms with Gasteiger partial charge in [-0.1, -0.05) is 0 Å². The number of hydrogen-bond donors (Lipinski definition) is 1. The van der Waals surface area contributed by atoms with Crippen LogP contribution in [0.3, 0.4) is 0 Å². The first-order valence-electron chi connectivity index (χ1n) is 5.18. The van der Waals surface area contributed by atoms with E-state index in [4.69, 9.17) is 5.73 Å². The van der Waals surface area contributed by atoms with E-state index in [1.807, 2.05) is 24.7 Å². The standard InChI is InChI=1S/C11H16N4/c1-2-14-9-13-7-11(14)8-15-5-3-4-10(15)6-12/h3-5,7,9H,2,6,8,12H2,1H3. The molecule has 0 aliphatic rings. The van der Waals surface area contributed by atoms with Gasteiger partial charge >= 0.3 is 0 Å². The zero-order valence-electron chi connectivity index (χ0n) is 8.93. The highest BCUT2D eigenvalue weighted by molar-refractivity contribution is 5.10. The molecule has 15 heavy (non-hydrogen) atoms. The summed E-state index contributed by atoms with van der Waals surface area (Å²) in [4.78, 5) is 4.15. The molecule has 0 aromatic carbocycles. The number of rotatable bonds is 4. The first kappa shape index (κ1) is 9.98. The third-order valence-electron chi connectivity index (χ3n) is 2.60. The van der Waals surface area contributed by atoms with Crippen LogP contribution in [0.5, 0.6) is 0 Å². The summed E-state index contributed by atoms with van der Waals surface area (Å²) in [6, 6.07) is 4.07. The fourth-order valence-electron chi connectivity index (χ4n) is 1.73. The van der Waals surface area contributed by atoms with Gasteiger partial charge in [0.25, 0.3) is 0 Å². The van der Waals surface area contributed by atoms with E-state index in [1.54, 1.807) is 0 Å². The number of nitrogens with two attached hydrogens (primary N) is 1. The predicted molar refractivity (Wildman–Crippen MR) is 59.3 cm³/mol. The first-order valence-corrected chi connectivity index (χ1v) is 5.18. The monoisotopic (exact) mass is 204 g/mol. The molecule has 0 saturated carbocycles. The van der Waals surface area contributed by atoms with Gasteiger partial charge in [-0.05, 0) is 19.1 Å². The van der Waals surface area contributed by atoms with Crippen LogP contribution < -0.4 is 5.73 Å². The van der Waals surface area contributed by atoms with Crippen LogP contribution in [-0.4, -0.2) is 14.1 Å². The van der Waals surface area contributed by atoms with Crippen LogP contribution in [0.4, 0.5) is 0 Å². The summed E-state index contributed by atoms with van der Waals surface area (Å²) in [6.45, 7) is 4.49. The van der Waals surface area contributed by atoms with Crippen LogP contribution in [0, 0.1) is 0 Å². The first-order chi connectivity index (χ1) is 7.35. The number of aryl methyl sites for hydroxylation is 1. The highest BCUT2D eigenvalue weighted by atomic mass is 15.1. The van der Waals surface area contributed by atoms with Crippen LogP contribution >= 0.6 is 0 Å². The van der Waals surface area contributed by atoms with Crippen LogP contribution in [0.2, 0.25) is 0 Å². The molecule has 0 bridgehead atoms. The molecule has 0 fully saturated rings. The molecular weight excluding hydrogens is 188 g/mol. The molecule has 80 valence electrons. The van der Waals surface area contributed by atoms with Crippen molar-refractivity contribution in [3.8, 4) is 0 Å². The van der Waals surface area contributed by atoms with E-state index in [0.717, 1.165) is 18.8 Å². The normalized spacial score (nSPS) is 10.8. The van der Waals surface area contributed by atoms with E-state index in [2.05, 4.69) is 27.2 Å². The quantitative estimate of drug-likeness (QED) is 0.813. The molecule has 4 heteroatoms. The SMILES string of the molecule is CCn1cncc1Cn1cccc1CN. The number of hydrogen-bond acceptors (Lipinski definition) is 2. The Hall–Kier alpha value is -1.55. The van der Waals surface area contributed by atoms with Crippen molar-refractivity contribution in [2.45, 2.75) is 26.6 Å². The number of aromatic nitrogens is 3. The van der Waals surface area contributed by atoms with E-state index in [-0.39, 0.29) is 0 Å². The number of imidazole rings is 1. The molecular formula is C11H16N4. The second-order valence-corrected chi connectivity index (χ2v) is 3.50. The van der Waals surface area contributed by atoms with E-state index < -0.39 is 0 Å². The van der Waals surface area contributed by atoms with Crippen molar-refractivity contribution < 1.29 is 0 Å². The maximum atomic E-state index is 5.65. The van der Waals surface area contributed by atoms with Gasteiger partial charge in [0.05, 0.1) is 18.6 Å². The van der Waals surface area contributed by atoms with Crippen molar-refractivity contribution in [2.24, 2.45) is 5.73 Å². The molecule has 2 aromatic heterocycles. The van der Waals surface area contributed by atoms with Gasteiger partial charge < -0.3 is 14.9 Å². The molecule has 0 aliphatic carbocycles. The fourth-order valence-corrected chi connectivity index (χ4v) is 1.73. The highest BCUT2D eigenvalue weighted by Gasteiger charge is 2.03. The molecule has 2 N–H and O–H groups in total. The van der Waals surface area contributed by atoms with Crippen LogP contribution in [0.15, 0.2) is 30.9 Å². The van der Waals surface area contributed by atoms with E-state index >= 15 is 0 Å². The molecule has 0 unspecified atom stereocenters. The zero-order chi connectivity index (χ0) is 10.7. The highest BCUT2D eigenvalue weighted by Crippen LogP contribution is 2.07. The zero-order valence-corrected chi connectivity index (χ0v) is 8.93. The van der Waals surface area contributed by atoms with Gasteiger partial charge in [-0.2, -0.15) is 0 Å². The summed E-state index contributed by atoms with van der Waals surface area (Å²) >= 11 is 0. The lowest BCUT2D eigenvalue weighted by molar-refractivity contribution is 0.653. The van der Waals surface area contributed by atoms with Crippen molar-refractivity contribution in [2.75, 3.05) is 0 Å². The van der Waals surface area contributed by atoms with Gasteiger partial charge in [0.2, 0.25) is 0 Å². The molecule has 0 aliphatic heterocycles.